The minimum Gasteiger partial charge on any atom is -0.486 e. The van der Waals surface area contributed by atoms with E-state index in [1.165, 1.54) is 54.4 Å². The maximum atomic E-state index is 13.7. The minimum absolute atomic E-state index is 0.00108. The second-order valence-corrected chi connectivity index (χ2v) is 14.2. The molecule has 3 aromatic carbocycles. The molecule has 42 heavy (non-hydrogen) atoms. The highest BCUT2D eigenvalue weighted by molar-refractivity contribution is 7.92. The molecule has 1 amide bonds. The first-order valence-electron chi connectivity index (χ1n) is 13.3. The van der Waals surface area contributed by atoms with E-state index in [2.05, 4.69) is 4.72 Å². The molecular weight excluding hydrogens is 585 g/mol. The molecule has 0 saturated carbocycles. The van der Waals surface area contributed by atoms with Crippen LogP contribution in [-0.2, 0) is 20.0 Å². The summed E-state index contributed by atoms with van der Waals surface area (Å²) in [6.45, 7) is 4.92. The van der Waals surface area contributed by atoms with Gasteiger partial charge >= 0.3 is 0 Å². The summed E-state index contributed by atoms with van der Waals surface area (Å²) in [4.78, 5) is 15.0. The van der Waals surface area contributed by atoms with E-state index in [0.717, 1.165) is 22.0 Å². The van der Waals surface area contributed by atoms with Crippen LogP contribution in [0.15, 0.2) is 76.5 Å². The molecule has 0 saturated heterocycles. The van der Waals surface area contributed by atoms with Crippen LogP contribution in [0.3, 0.4) is 0 Å². The predicted molar refractivity (Wildman–Crippen MR) is 156 cm³/mol. The molecule has 0 bridgehead atoms. The summed E-state index contributed by atoms with van der Waals surface area (Å²) in [5.41, 5.74) is 0.934. The molecule has 10 nitrogen and oxygen atoms in total. The van der Waals surface area contributed by atoms with Crippen LogP contribution >= 0.6 is 0 Å². The van der Waals surface area contributed by atoms with Crippen molar-refractivity contribution in [3.8, 4) is 5.75 Å². The van der Waals surface area contributed by atoms with Crippen LogP contribution < -0.4 is 9.46 Å². The van der Waals surface area contributed by atoms with Crippen LogP contribution in [-0.4, -0.2) is 75.9 Å². The summed E-state index contributed by atoms with van der Waals surface area (Å²) in [5.74, 6) is -1.56. The van der Waals surface area contributed by atoms with Crippen LogP contribution in [0.2, 0.25) is 0 Å². The van der Waals surface area contributed by atoms with Gasteiger partial charge in [-0.1, -0.05) is 30.7 Å². The molecule has 3 atom stereocenters. The maximum absolute atomic E-state index is 13.7. The zero-order valence-corrected chi connectivity index (χ0v) is 25.3. The van der Waals surface area contributed by atoms with Gasteiger partial charge in [0.25, 0.3) is 15.9 Å². The monoisotopic (exact) mass is 619 g/mol. The predicted octanol–water partition coefficient (Wildman–Crippen LogP) is 3.48. The minimum atomic E-state index is -4.09. The lowest BCUT2D eigenvalue weighted by molar-refractivity contribution is 0.0389. The van der Waals surface area contributed by atoms with Crippen molar-refractivity contribution in [1.29, 1.82) is 0 Å². The van der Waals surface area contributed by atoms with Crippen LogP contribution in [0.1, 0.15) is 29.8 Å². The molecule has 2 N–H and O–H groups in total. The molecule has 0 unspecified atom stereocenters. The standard InChI is InChI=1S/C29H34FN3O7S2/c1-19-8-12-23(13-9-19)41(36,37)31-26-7-5-6-25-28(26)40-27(20(2)16-33(29(25)35)21(3)18-34)17-32(4)42(38,39)24-14-10-22(30)11-15-24/h5-15,20-21,27,31,34H,16-18H2,1-4H3/t20-,21-,27-/m1/s1. The number of carbonyl (C=O) groups is 1. The molecule has 3 aromatic rings. The number of hydrogen-bond donors (Lipinski definition) is 2. The van der Waals surface area contributed by atoms with E-state index in [9.17, 15) is 31.1 Å². The van der Waals surface area contributed by atoms with Crippen LogP contribution in [0.25, 0.3) is 0 Å². The third-order valence-electron chi connectivity index (χ3n) is 7.23. The highest BCUT2D eigenvalue weighted by Gasteiger charge is 2.36. The van der Waals surface area contributed by atoms with Crippen molar-refractivity contribution in [2.75, 3.05) is 31.5 Å². The number of ether oxygens (including phenoxy) is 1. The molecule has 1 aliphatic heterocycles. The van der Waals surface area contributed by atoms with Crippen LogP contribution in [0.5, 0.6) is 5.75 Å². The van der Waals surface area contributed by atoms with Gasteiger partial charge in [0.05, 0.1) is 40.2 Å². The van der Waals surface area contributed by atoms with Crippen LogP contribution in [0.4, 0.5) is 10.1 Å². The lowest BCUT2D eigenvalue weighted by atomic mass is 9.99. The number of nitrogens with zero attached hydrogens (tertiary/aromatic N) is 2. The quantitative estimate of drug-likeness (QED) is 0.375. The number of benzene rings is 3. The smallest absolute Gasteiger partial charge is 0.262 e. The van der Waals surface area contributed by atoms with Gasteiger partial charge in [-0.3, -0.25) is 9.52 Å². The summed E-state index contributed by atoms with van der Waals surface area (Å²) < 4.78 is 76.5. The fourth-order valence-electron chi connectivity index (χ4n) is 4.60. The number of halogens is 1. The van der Waals surface area contributed by atoms with E-state index in [-0.39, 0.29) is 46.5 Å². The number of hydrogen-bond acceptors (Lipinski definition) is 7. The summed E-state index contributed by atoms with van der Waals surface area (Å²) in [7, 11) is -6.77. The molecule has 1 aliphatic rings. The topological polar surface area (TPSA) is 133 Å². The van der Waals surface area contributed by atoms with Gasteiger partial charge in [0.1, 0.15) is 11.9 Å². The number of anilines is 1. The number of sulfonamides is 2. The molecule has 13 heteroatoms. The number of aliphatic hydroxyl groups is 1. The van der Waals surface area contributed by atoms with Crippen molar-refractivity contribution in [1.82, 2.24) is 9.21 Å². The van der Waals surface area contributed by atoms with E-state index in [1.807, 2.05) is 6.92 Å². The summed E-state index contributed by atoms with van der Waals surface area (Å²) in [6, 6.07) is 14.6. The van der Waals surface area contributed by atoms with Crippen molar-refractivity contribution in [3.05, 3.63) is 83.7 Å². The Kier molecular flexibility index (Phi) is 9.26. The third-order valence-corrected chi connectivity index (χ3v) is 10.4. The number of amides is 1. The molecule has 4 rings (SSSR count). The SMILES string of the molecule is Cc1ccc(S(=O)(=O)Nc2cccc3c2O[C@H](CN(C)S(=O)(=O)c2ccc(F)cc2)[C@H](C)CN([C@H](C)CO)C3=O)cc1. The van der Waals surface area contributed by atoms with E-state index >= 15 is 0 Å². The van der Waals surface area contributed by atoms with Gasteiger partial charge in [-0.2, -0.15) is 4.31 Å². The molecule has 0 aromatic heterocycles. The van der Waals surface area contributed by atoms with Gasteiger partial charge in [-0.15, -0.1) is 0 Å². The number of carbonyl (C=O) groups excluding carboxylic acids is 1. The lowest BCUT2D eigenvalue weighted by Gasteiger charge is -2.38. The second-order valence-electron chi connectivity index (χ2n) is 10.5. The average Bonchev–Trinajstić information content (AvgIpc) is 2.95. The highest BCUT2D eigenvalue weighted by Crippen LogP contribution is 2.36. The Hall–Kier alpha value is -3.52. The van der Waals surface area contributed by atoms with Gasteiger partial charge in [0, 0.05) is 19.5 Å². The zero-order chi connectivity index (χ0) is 30.8. The van der Waals surface area contributed by atoms with E-state index in [4.69, 9.17) is 4.74 Å². The first kappa shape index (κ1) is 31.4. The molecule has 1 heterocycles. The molecular formula is C29H34FN3O7S2. The molecule has 0 aliphatic carbocycles. The molecule has 0 fully saturated rings. The summed E-state index contributed by atoms with van der Waals surface area (Å²) in [5, 5.41) is 9.89. The van der Waals surface area contributed by atoms with E-state index in [1.54, 1.807) is 26.0 Å². The van der Waals surface area contributed by atoms with Crippen molar-refractivity contribution < 1.29 is 35.9 Å². The first-order valence-corrected chi connectivity index (χ1v) is 16.2. The van der Waals surface area contributed by atoms with Gasteiger partial charge in [0.2, 0.25) is 10.0 Å². The average molecular weight is 620 g/mol. The Labute approximate surface area is 245 Å². The zero-order valence-electron chi connectivity index (χ0n) is 23.7. The Morgan fingerprint density at radius 2 is 1.67 bits per heavy atom. The Bertz CT molecular complexity index is 1650. The first-order chi connectivity index (χ1) is 19.7. The number of fused-ring (bicyclic) bond motifs is 1. The van der Waals surface area contributed by atoms with Crippen LogP contribution in [0, 0.1) is 18.7 Å². The number of para-hydroxylation sites is 1. The largest absolute Gasteiger partial charge is 0.486 e. The number of rotatable bonds is 9. The summed E-state index contributed by atoms with van der Waals surface area (Å²) in [6.07, 6.45) is -0.851. The van der Waals surface area contributed by atoms with Crippen molar-refractivity contribution in [2.45, 2.75) is 42.7 Å². The van der Waals surface area contributed by atoms with Gasteiger partial charge in [0.15, 0.2) is 5.75 Å². The third kappa shape index (κ3) is 6.59. The fraction of sp³-hybridized carbons (Fsp3) is 0.345. The van der Waals surface area contributed by atoms with Gasteiger partial charge < -0.3 is 14.7 Å². The maximum Gasteiger partial charge on any atom is 0.262 e. The summed E-state index contributed by atoms with van der Waals surface area (Å²) >= 11 is 0. The Balaban J connectivity index is 1.76. The molecule has 0 spiro atoms. The highest BCUT2D eigenvalue weighted by atomic mass is 32.2. The van der Waals surface area contributed by atoms with Crippen molar-refractivity contribution in [3.63, 3.8) is 0 Å². The number of aryl methyl sites for hydroxylation is 1. The van der Waals surface area contributed by atoms with E-state index < -0.39 is 49.8 Å². The fourth-order valence-corrected chi connectivity index (χ4v) is 6.85. The lowest BCUT2D eigenvalue weighted by Crippen LogP contribution is -2.50. The van der Waals surface area contributed by atoms with Crippen molar-refractivity contribution >= 4 is 31.6 Å². The molecule has 226 valence electrons. The molecule has 0 radical (unpaired) electrons. The van der Waals surface area contributed by atoms with Gasteiger partial charge in [-0.25, -0.2) is 21.2 Å². The number of aliphatic hydroxyl groups excluding tert-OH is 1. The van der Waals surface area contributed by atoms with E-state index in [0.29, 0.717) is 0 Å². The Morgan fingerprint density at radius 1 is 1.05 bits per heavy atom. The van der Waals surface area contributed by atoms with Crippen molar-refractivity contribution in [2.24, 2.45) is 5.92 Å². The normalized spacial score (nSPS) is 18.5. The Morgan fingerprint density at radius 3 is 2.29 bits per heavy atom. The van der Waals surface area contributed by atoms with Gasteiger partial charge in [-0.05, 0) is 62.4 Å². The number of likely N-dealkylation sites (N-methyl/N-ethyl adjacent to an activating group) is 1. The second kappa shape index (κ2) is 12.4. The number of nitrogens with one attached hydrogen (secondary N) is 1.